The van der Waals surface area contributed by atoms with Crippen molar-refractivity contribution in [2.45, 2.75) is 32.5 Å². The molecule has 5 nitrogen and oxygen atoms in total. The number of hydrogen-bond acceptors (Lipinski definition) is 6. The van der Waals surface area contributed by atoms with Crippen LogP contribution in [0.3, 0.4) is 0 Å². The summed E-state index contributed by atoms with van der Waals surface area (Å²) >= 11 is 3.27. The minimum atomic E-state index is -0.0263. The normalized spacial score (nSPS) is 12.5. The number of methoxy groups -OCH3 is 1. The monoisotopic (exact) mass is 425 g/mol. The van der Waals surface area contributed by atoms with E-state index in [0.717, 1.165) is 29.4 Å². The van der Waals surface area contributed by atoms with Gasteiger partial charge in [-0.1, -0.05) is 18.2 Å². The largest absolute Gasteiger partial charge is 0.497 e. The predicted octanol–water partition coefficient (Wildman–Crippen LogP) is 4.46. The van der Waals surface area contributed by atoms with E-state index in [1.165, 1.54) is 21.8 Å². The van der Waals surface area contributed by atoms with Crippen molar-refractivity contribution in [2.24, 2.45) is 0 Å². The molecule has 0 radical (unpaired) electrons. The molecule has 0 saturated heterocycles. The smallest absolute Gasteiger partial charge is 0.258 e. The van der Waals surface area contributed by atoms with Crippen molar-refractivity contribution < 1.29 is 4.74 Å². The van der Waals surface area contributed by atoms with Gasteiger partial charge in [0.25, 0.3) is 5.56 Å². The van der Waals surface area contributed by atoms with Gasteiger partial charge in [-0.25, -0.2) is 4.98 Å². The number of hydrogen-bond donors (Lipinski definition) is 0. The van der Waals surface area contributed by atoms with E-state index in [1.807, 2.05) is 17.5 Å². The number of aromatic nitrogens is 2. The number of rotatable bonds is 8. The molecule has 4 rings (SSSR count). The number of thiazole rings is 1. The third-order valence-electron chi connectivity index (χ3n) is 4.97. The lowest BCUT2D eigenvalue weighted by atomic mass is 10.1. The quantitative estimate of drug-likeness (QED) is 0.418. The first-order valence-corrected chi connectivity index (χ1v) is 11.2. The zero-order valence-electron chi connectivity index (χ0n) is 16.4. The number of thiophene rings is 1. The lowest BCUT2D eigenvalue weighted by Crippen LogP contribution is -2.34. The average Bonchev–Trinajstić information content (AvgIpc) is 3.40. The Bertz CT molecular complexity index is 1120. The molecule has 150 valence electrons. The maximum Gasteiger partial charge on any atom is 0.258 e. The summed E-state index contributed by atoms with van der Waals surface area (Å²) in [6, 6.07) is 14.4. The van der Waals surface area contributed by atoms with E-state index in [9.17, 15) is 4.79 Å². The molecule has 1 unspecified atom stereocenters. The van der Waals surface area contributed by atoms with Crippen LogP contribution in [0, 0.1) is 0 Å². The Hall–Kier alpha value is -2.48. The molecular formula is C22H23N3O2S2. The standard InChI is InChI=1S/C22H23N3O2S2/c1-16(12-20-4-3-10-28-20)24(14-17-5-7-19(27-2)8-6-17)15-18-13-21(26)25-9-11-29-22(25)23-18/h3-11,13,16H,12,14-15H2,1-2H3. The van der Waals surface area contributed by atoms with E-state index in [2.05, 4.69) is 41.5 Å². The molecule has 3 aromatic heterocycles. The minimum Gasteiger partial charge on any atom is -0.497 e. The SMILES string of the molecule is COc1ccc(CN(Cc2cc(=O)n3ccsc3n2)C(C)Cc2cccs2)cc1. The van der Waals surface area contributed by atoms with Gasteiger partial charge in [0.1, 0.15) is 5.75 Å². The lowest BCUT2D eigenvalue weighted by molar-refractivity contribution is 0.188. The van der Waals surface area contributed by atoms with Gasteiger partial charge >= 0.3 is 0 Å². The summed E-state index contributed by atoms with van der Waals surface area (Å²) in [6.45, 7) is 3.64. The molecule has 3 heterocycles. The highest BCUT2D eigenvalue weighted by atomic mass is 32.1. The maximum atomic E-state index is 12.4. The van der Waals surface area contributed by atoms with E-state index in [1.54, 1.807) is 35.1 Å². The van der Waals surface area contributed by atoms with Crippen LogP contribution in [0.25, 0.3) is 4.96 Å². The number of fused-ring (bicyclic) bond motifs is 1. The molecule has 1 aromatic carbocycles. The first-order chi connectivity index (χ1) is 14.1. The number of nitrogens with zero attached hydrogens (tertiary/aromatic N) is 3. The zero-order chi connectivity index (χ0) is 20.2. The van der Waals surface area contributed by atoms with Gasteiger partial charge in [0.2, 0.25) is 0 Å². The van der Waals surface area contributed by atoms with Crippen LogP contribution in [-0.2, 0) is 19.5 Å². The Morgan fingerprint density at radius 2 is 1.97 bits per heavy atom. The van der Waals surface area contributed by atoms with Crippen molar-refractivity contribution in [2.75, 3.05) is 7.11 Å². The molecule has 0 N–H and O–H groups in total. The highest BCUT2D eigenvalue weighted by molar-refractivity contribution is 7.15. The van der Waals surface area contributed by atoms with E-state index in [4.69, 9.17) is 9.72 Å². The van der Waals surface area contributed by atoms with Crippen LogP contribution >= 0.6 is 22.7 Å². The van der Waals surface area contributed by atoms with E-state index in [-0.39, 0.29) is 5.56 Å². The molecule has 0 aliphatic carbocycles. The van der Waals surface area contributed by atoms with Crippen LogP contribution < -0.4 is 10.3 Å². The molecule has 29 heavy (non-hydrogen) atoms. The van der Waals surface area contributed by atoms with Crippen LogP contribution in [0.2, 0.25) is 0 Å². The van der Waals surface area contributed by atoms with E-state index >= 15 is 0 Å². The molecule has 1 atom stereocenters. The van der Waals surface area contributed by atoms with Crippen molar-refractivity contribution in [1.29, 1.82) is 0 Å². The first-order valence-electron chi connectivity index (χ1n) is 9.47. The van der Waals surface area contributed by atoms with Gasteiger partial charge in [0.05, 0.1) is 12.8 Å². The molecule has 0 aliphatic rings. The summed E-state index contributed by atoms with van der Waals surface area (Å²) in [5.74, 6) is 0.852. The summed E-state index contributed by atoms with van der Waals surface area (Å²) in [4.78, 5) is 21.6. The van der Waals surface area contributed by atoms with E-state index in [0.29, 0.717) is 12.6 Å². The number of benzene rings is 1. The minimum absolute atomic E-state index is 0.0263. The molecule has 0 saturated carbocycles. The molecule has 0 aliphatic heterocycles. The predicted molar refractivity (Wildman–Crippen MR) is 119 cm³/mol. The van der Waals surface area contributed by atoms with Crippen LogP contribution in [0.4, 0.5) is 0 Å². The van der Waals surface area contributed by atoms with Gasteiger partial charge in [0.15, 0.2) is 4.96 Å². The molecule has 0 fully saturated rings. The van der Waals surface area contributed by atoms with Crippen LogP contribution in [0.15, 0.2) is 64.2 Å². The molecule has 7 heteroatoms. The van der Waals surface area contributed by atoms with E-state index < -0.39 is 0 Å². The molecule has 0 spiro atoms. The van der Waals surface area contributed by atoms with Gasteiger partial charge in [-0.2, -0.15) is 0 Å². The first kappa shape index (κ1) is 19.8. The van der Waals surface area contributed by atoms with Crippen molar-refractivity contribution in [3.05, 3.63) is 85.9 Å². The number of ether oxygens (including phenoxy) is 1. The Balaban J connectivity index is 1.59. The van der Waals surface area contributed by atoms with Crippen molar-refractivity contribution in [3.63, 3.8) is 0 Å². The summed E-state index contributed by atoms with van der Waals surface area (Å²) in [5.41, 5.74) is 1.99. The highest BCUT2D eigenvalue weighted by Crippen LogP contribution is 2.20. The fourth-order valence-electron chi connectivity index (χ4n) is 3.36. The maximum absolute atomic E-state index is 12.4. The van der Waals surface area contributed by atoms with Crippen LogP contribution in [0.1, 0.15) is 23.1 Å². The molecule has 0 bridgehead atoms. The zero-order valence-corrected chi connectivity index (χ0v) is 18.1. The molecule has 0 amide bonds. The highest BCUT2D eigenvalue weighted by Gasteiger charge is 2.18. The van der Waals surface area contributed by atoms with Gasteiger partial charge in [-0.05, 0) is 42.5 Å². The fraction of sp³-hybridized carbons (Fsp3) is 0.273. The molecule has 4 aromatic rings. The summed E-state index contributed by atoms with van der Waals surface area (Å²) < 4.78 is 6.87. The third-order valence-corrected chi connectivity index (χ3v) is 6.62. The Labute approximate surface area is 177 Å². The van der Waals surface area contributed by atoms with Crippen molar-refractivity contribution >= 4 is 27.6 Å². The van der Waals surface area contributed by atoms with Crippen LogP contribution in [-0.4, -0.2) is 27.4 Å². The van der Waals surface area contributed by atoms with Crippen molar-refractivity contribution in [1.82, 2.24) is 14.3 Å². The second-order valence-corrected chi connectivity index (χ2v) is 8.93. The third kappa shape index (κ3) is 4.75. The summed E-state index contributed by atoms with van der Waals surface area (Å²) in [7, 11) is 1.68. The second kappa shape index (κ2) is 8.90. The Kier molecular flexibility index (Phi) is 6.08. The summed E-state index contributed by atoms with van der Waals surface area (Å²) in [5, 5.41) is 4.01. The van der Waals surface area contributed by atoms with Gasteiger partial charge in [-0.15, -0.1) is 22.7 Å². The fourth-order valence-corrected chi connectivity index (χ4v) is 4.92. The van der Waals surface area contributed by atoms with Crippen molar-refractivity contribution in [3.8, 4) is 5.75 Å². The van der Waals surface area contributed by atoms with Gasteiger partial charge in [-0.3, -0.25) is 14.1 Å². The second-order valence-electron chi connectivity index (χ2n) is 7.03. The molecular weight excluding hydrogens is 402 g/mol. The van der Waals surface area contributed by atoms with Gasteiger partial charge in [0, 0.05) is 41.7 Å². The average molecular weight is 426 g/mol. The Morgan fingerprint density at radius 3 is 2.69 bits per heavy atom. The van der Waals surface area contributed by atoms with Crippen LogP contribution in [0.5, 0.6) is 5.75 Å². The Morgan fingerprint density at radius 1 is 1.14 bits per heavy atom. The summed E-state index contributed by atoms with van der Waals surface area (Å²) in [6.07, 6.45) is 2.74. The van der Waals surface area contributed by atoms with Gasteiger partial charge < -0.3 is 4.74 Å². The topological polar surface area (TPSA) is 46.8 Å². The lowest BCUT2D eigenvalue weighted by Gasteiger charge is -2.29.